The maximum atomic E-state index is 10.8. The van der Waals surface area contributed by atoms with Crippen molar-refractivity contribution in [1.82, 2.24) is 4.98 Å². The fourth-order valence-corrected chi connectivity index (χ4v) is 1.48. The summed E-state index contributed by atoms with van der Waals surface area (Å²) in [5.74, 6) is 0. The molecule has 0 atom stereocenters. The quantitative estimate of drug-likeness (QED) is 0.596. The molecule has 18 heavy (non-hydrogen) atoms. The maximum Gasteiger partial charge on any atom is 0.310 e. The molecule has 1 aromatic heterocycles. The molecule has 0 aliphatic heterocycles. The number of hydrogen-bond acceptors (Lipinski definition) is 5. The summed E-state index contributed by atoms with van der Waals surface area (Å²) in [6.45, 7) is 5.49. The van der Waals surface area contributed by atoms with Crippen molar-refractivity contribution in [3.05, 3.63) is 28.6 Å². The predicted molar refractivity (Wildman–Crippen MR) is 69.7 cm³/mol. The molecule has 100 valence electrons. The molecule has 0 aliphatic carbocycles. The van der Waals surface area contributed by atoms with E-state index in [4.69, 9.17) is 4.74 Å². The van der Waals surface area contributed by atoms with E-state index in [1.54, 1.807) is 13.2 Å². The Morgan fingerprint density at radius 1 is 1.56 bits per heavy atom. The van der Waals surface area contributed by atoms with Gasteiger partial charge in [-0.25, -0.2) is 0 Å². The Balaban J connectivity index is 2.65. The molecular weight excluding hydrogens is 234 g/mol. The smallest absolute Gasteiger partial charge is 0.310 e. The van der Waals surface area contributed by atoms with Gasteiger partial charge in [0.05, 0.1) is 4.92 Å². The number of ether oxygens (including phenoxy) is 1. The Labute approximate surface area is 107 Å². The third-order valence-corrected chi connectivity index (χ3v) is 2.74. The standard InChI is InChI=1S/C12H19N3O3/c1-12(2,5-7-18-3)9-14-10-4-6-13-8-11(10)15(16)17/h4,6,8H,5,7,9H2,1-3H3,(H,13,14). The van der Waals surface area contributed by atoms with Gasteiger partial charge in [-0.2, -0.15) is 0 Å². The first kappa shape index (κ1) is 14.4. The minimum Gasteiger partial charge on any atom is -0.385 e. The highest BCUT2D eigenvalue weighted by Gasteiger charge is 2.20. The Hall–Kier alpha value is -1.69. The molecule has 6 heteroatoms. The van der Waals surface area contributed by atoms with Crippen molar-refractivity contribution in [1.29, 1.82) is 0 Å². The van der Waals surface area contributed by atoms with Crippen LogP contribution in [0.3, 0.4) is 0 Å². The van der Waals surface area contributed by atoms with Crippen LogP contribution in [0.4, 0.5) is 11.4 Å². The molecule has 0 aromatic carbocycles. The third kappa shape index (κ3) is 4.29. The minimum atomic E-state index is -0.433. The van der Waals surface area contributed by atoms with Gasteiger partial charge in [-0.15, -0.1) is 0 Å². The van der Waals surface area contributed by atoms with E-state index in [2.05, 4.69) is 24.1 Å². The number of nitro groups is 1. The summed E-state index contributed by atoms with van der Waals surface area (Å²) in [5, 5.41) is 13.9. The SMILES string of the molecule is COCCC(C)(C)CNc1ccncc1[N+](=O)[O-]. The number of nitrogens with zero attached hydrogens (tertiary/aromatic N) is 2. The lowest BCUT2D eigenvalue weighted by Gasteiger charge is -2.25. The van der Waals surface area contributed by atoms with Crippen LogP contribution >= 0.6 is 0 Å². The van der Waals surface area contributed by atoms with Crippen molar-refractivity contribution < 1.29 is 9.66 Å². The van der Waals surface area contributed by atoms with Crippen LogP contribution in [-0.4, -0.2) is 30.2 Å². The lowest BCUT2D eigenvalue weighted by atomic mass is 9.89. The van der Waals surface area contributed by atoms with Crippen molar-refractivity contribution in [3.63, 3.8) is 0 Å². The third-order valence-electron chi connectivity index (χ3n) is 2.74. The fourth-order valence-electron chi connectivity index (χ4n) is 1.48. The van der Waals surface area contributed by atoms with Crippen LogP contribution in [0.25, 0.3) is 0 Å². The summed E-state index contributed by atoms with van der Waals surface area (Å²) in [5.41, 5.74) is 0.508. The molecule has 1 aromatic rings. The van der Waals surface area contributed by atoms with E-state index in [9.17, 15) is 10.1 Å². The second-order valence-electron chi connectivity index (χ2n) is 4.91. The second-order valence-corrected chi connectivity index (χ2v) is 4.91. The highest BCUT2D eigenvalue weighted by molar-refractivity contribution is 5.59. The Morgan fingerprint density at radius 3 is 2.89 bits per heavy atom. The highest BCUT2D eigenvalue weighted by atomic mass is 16.6. The van der Waals surface area contributed by atoms with E-state index in [1.165, 1.54) is 12.4 Å². The number of aromatic nitrogens is 1. The lowest BCUT2D eigenvalue weighted by Crippen LogP contribution is -2.24. The van der Waals surface area contributed by atoms with Gasteiger partial charge in [0.15, 0.2) is 0 Å². The van der Waals surface area contributed by atoms with Gasteiger partial charge in [0.25, 0.3) is 0 Å². The molecule has 6 nitrogen and oxygen atoms in total. The van der Waals surface area contributed by atoms with Crippen LogP contribution in [0.15, 0.2) is 18.5 Å². The lowest BCUT2D eigenvalue weighted by molar-refractivity contribution is -0.384. The van der Waals surface area contributed by atoms with Crippen molar-refractivity contribution in [2.24, 2.45) is 5.41 Å². The predicted octanol–water partition coefficient (Wildman–Crippen LogP) is 2.46. The van der Waals surface area contributed by atoms with Crippen molar-refractivity contribution in [2.45, 2.75) is 20.3 Å². The van der Waals surface area contributed by atoms with Crippen LogP contribution in [0, 0.1) is 15.5 Å². The zero-order valence-corrected chi connectivity index (χ0v) is 11.0. The molecule has 0 aliphatic rings. The van der Waals surface area contributed by atoms with Gasteiger partial charge in [0.1, 0.15) is 11.9 Å². The summed E-state index contributed by atoms with van der Waals surface area (Å²) in [4.78, 5) is 14.1. The van der Waals surface area contributed by atoms with Crippen molar-refractivity contribution in [3.8, 4) is 0 Å². The molecule has 1 N–H and O–H groups in total. The van der Waals surface area contributed by atoms with E-state index >= 15 is 0 Å². The summed E-state index contributed by atoms with van der Waals surface area (Å²) < 4.78 is 5.05. The average molecular weight is 253 g/mol. The Bertz CT molecular complexity index is 407. The second kappa shape index (κ2) is 6.30. The molecule has 0 radical (unpaired) electrons. The minimum absolute atomic E-state index is 0.0000384. The molecule has 0 unspecified atom stereocenters. The number of nitrogens with one attached hydrogen (secondary N) is 1. The maximum absolute atomic E-state index is 10.8. The summed E-state index contributed by atoms with van der Waals surface area (Å²) >= 11 is 0. The first-order valence-corrected chi connectivity index (χ1v) is 5.77. The van der Waals surface area contributed by atoms with Crippen molar-refractivity contribution in [2.75, 3.05) is 25.6 Å². The number of anilines is 1. The number of rotatable bonds is 7. The van der Waals surface area contributed by atoms with Crippen LogP contribution < -0.4 is 5.32 Å². The van der Waals surface area contributed by atoms with Gasteiger partial charge in [-0.05, 0) is 17.9 Å². The largest absolute Gasteiger partial charge is 0.385 e. The molecule has 0 saturated heterocycles. The molecule has 1 rings (SSSR count). The number of hydrogen-bond donors (Lipinski definition) is 1. The number of pyridine rings is 1. The van der Waals surface area contributed by atoms with Gasteiger partial charge < -0.3 is 10.1 Å². The van der Waals surface area contributed by atoms with E-state index in [0.717, 1.165) is 6.42 Å². The molecule has 0 saturated carbocycles. The van der Waals surface area contributed by atoms with Gasteiger partial charge in [0, 0.05) is 26.5 Å². The van der Waals surface area contributed by atoms with Crippen molar-refractivity contribution >= 4 is 11.4 Å². The van der Waals surface area contributed by atoms with E-state index in [-0.39, 0.29) is 11.1 Å². The topological polar surface area (TPSA) is 77.3 Å². The first-order chi connectivity index (χ1) is 8.46. The molecule has 0 fully saturated rings. The van der Waals surface area contributed by atoms with Gasteiger partial charge in [-0.3, -0.25) is 15.1 Å². The van der Waals surface area contributed by atoms with Crippen LogP contribution in [0.2, 0.25) is 0 Å². The summed E-state index contributed by atoms with van der Waals surface area (Å²) in [6.07, 6.45) is 3.68. The monoisotopic (exact) mass is 253 g/mol. The summed E-state index contributed by atoms with van der Waals surface area (Å²) in [7, 11) is 1.66. The van der Waals surface area contributed by atoms with Crippen LogP contribution in [0.5, 0.6) is 0 Å². The average Bonchev–Trinajstić information content (AvgIpc) is 2.34. The van der Waals surface area contributed by atoms with Gasteiger partial charge in [-0.1, -0.05) is 13.8 Å². The highest BCUT2D eigenvalue weighted by Crippen LogP contribution is 2.25. The summed E-state index contributed by atoms with van der Waals surface area (Å²) in [6, 6.07) is 1.62. The molecule has 0 amide bonds. The van der Waals surface area contributed by atoms with Gasteiger partial charge in [0.2, 0.25) is 0 Å². The molecule has 0 spiro atoms. The van der Waals surface area contributed by atoms with Gasteiger partial charge >= 0.3 is 5.69 Å². The Morgan fingerprint density at radius 2 is 2.28 bits per heavy atom. The zero-order chi connectivity index (χ0) is 13.6. The number of methoxy groups -OCH3 is 1. The van der Waals surface area contributed by atoms with E-state index in [0.29, 0.717) is 18.8 Å². The normalized spacial score (nSPS) is 11.3. The van der Waals surface area contributed by atoms with Crippen LogP contribution in [-0.2, 0) is 4.74 Å². The first-order valence-electron chi connectivity index (χ1n) is 5.77. The van der Waals surface area contributed by atoms with E-state index < -0.39 is 4.92 Å². The molecule has 1 heterocycles. The molecular formula is C12H19N3O3. The fraction of sp³-hybridized carbons (Fsp3) is 0.583. The zero-order valence-electron chi connectivity index (χ0n) is 11.0. The van der Waals surface area contributed by atoms with E-state index in [1.807, 2.05) is 0 Å². The molecule has 0 bridgehead atoms. The van der Waals surface area contributed by atoms with Crippen LogP contribution in [0.1, 0.15) is 20.3 Å². The Kier molecular flexibility index (Phi) is 5.03.